The lowest BCUT2D eigenvalue weighted by atomic mass is 9.84. The minimum atomic E-state index is 0.0813. The highest BCUT2D eigenvalue weighted by Crippen LogP contribution is 2.26. The zero-order valence-corrected chi connectivity index (χ0v) is 12.2. The molecule has 0 bridgehead atoms. The Morgan fingerprint density at radius 1 is 1.20 bits per heavy atom. The first-order valence-corrected chi connectivity index (χ1v) is 7.87. The molecular formula is C17H24N2O. The zero-order valence-electron chi connectivity index (χ0n) is 12.2. The van der Waals surface area contributed by atoms with Gasteiger partial charge in [0.25, 0.3) is 5.91 Å². The van der Waals surface area contributed by atoms with E-state index in [1.54, 1.807) is 0 Å². The maximum absolute atomic E-state index is 12.4. The third kappa shape index (κ3) is 2.88. The second-order valence-corrected chi connectivity index (χ2v) is 6.25. The molecule has 1 aliphatic heterocycles. The molecule has 1 heterocycles. The van der Waals surface area contributed by atoms with Gasteiger partial charge >= 0.3 is 0 Å². The molecule has 1 amide bonds. The average molecular weight is 272 g/mol. The van der Waals surface area contributed by atoms with Crippen LogP contribution in [0.5, 0.6) is 0 Å². The Bertz CT molecular complexity index is 492. The van der Waals surface area contributed by atoms with Gasteiger partial charge in [-0.1, -0.05) is 25.3 Å². The average Bonchev–Trinajstić information content (AvgIpc) is 2.95. The quantitative estimate of drug-likeness (QED) is 0.888. The first-order chi connectivity index (χ1) is 9.74. The maximum Gasteiger partial charge on any atom is 0.251 e. The van der Waals surface area contributed by atoms with E-state index in [2.05, 4.69) is 23.6 Å². The molecule has 20 heavy (non-hydrogen) atoms. The van der Waals surface area contributed by atoms with Crippen molar-refractivity contribution in [3.63, 3.8) is 0 Å². The van der Waals surface area contributed by atoms with E-state index >= 15 is 0 Å². The molecule has 3 heteroatoms. The first-order valence-electron chi connectivity index (χ1n) is 7.87. The molecule has 108 valence electrons. The molecule has 1 aliphatic carbocycles. The number of hydrogen-bond donors (Lipinski definition) is 2. The normalized spacial score (nSPS) is 20.4. The number of fused-ring (bicyclic) bond motifs is 1. The van der Waals surface area contributed by atoms with Gasteiger partial charge in [0.15, 0.2) is 0 Å². The topological polar surface area (TPSA) is 41.1 Å². The van der Waals surface area contributed by atoms with E-state index in [1.807, 2.05) is 12.1 Å². The number of carbonyl (C=O) groups is 1. The second kappa shape index (κ2) is 5.96. The van der Waals surface area contributed by atoms with Crippen LogP contribution in [0.1, 0.15) is 60.5 Å². The summed E-state index contributed by atoms with van der Waals surface area (Å²) in [5.41, 5.74) is 3.39. The third-order valence-corrected chi connectivity index (χ3v) is 4.82. The molecule has 0 saturated heterocycles. The van der Waals surface area contributed by atoms with Crippen LogP contribution >= 0.6 is 0 Å². The van der Waals surface area contributed by atoms with Gasteiger partial charge in [0.2, 0.25) is 0 Å². The molecule has 2 N–H and O–H groups in total. The van der Waals surface area contributed by atoms with Gasteiger partial charge in [-0.3, -0.25) is 4.79 Å². The minimum Gasteiger partial charge on any atom is -0.349 e. The van der Waals surface area contributed by atoms with E-state index in [9.17, 15) is 4.79 Å². The summed E-state index contributed by atoms with van der Waals surface area (Å²) in [7, 11) is 0. The fourth-order valence-corrected chi connectivity index (χ4v) is 3.48. The SMILES string of the molecule is C[C@@H](NC(=O)c1ccc2c(c1)CNC2)C1CCCCC1. The van der Waals surface area contributed by atoms with Gasteiger partial charge in [-0.05, 0) is 48.9 Å². The zero-order chi connectivity index (χ0) is 13.9. The minimum absolute atomic E-state index is 0.0813. The first kappa shape index (κ1) is 13.6. The third-order valence-electron chi connectivity index (χ3n) is 4.82. The Morgan fingerprint density at radius 2 is 1.95 bits per heavy atom. The van der Waals surface area contributed by atoms with Gasteiger partial charge in [0.05, 0.1) is 0 Å². The van der Waals surface area contributed by atoms with Gasteiger partial charge in [0.1, 0.15) is 0 Å². The van der Waals surface area contributed by atoms with Crippen molar-refractivity contribution >= 4 is 5.91 Å². The number of carbonyl (C=O) groups excluding carboxylic acids is 1. The summed E-state index contributed by atoms with van der Waals surface area (Å²) in [5, 5.41) is 6.51. The molecule has 0 radical (unpaired) electrons. The second-order valence-electron chi connectivity index (χ2n) is 6.25. The molecule has 1 saturated carbocycles. The van der Waals surface area contributed by atoms with Gasteiger partial charge < -0.3 is 10.6 Å². The largest absolute Gasteiger partial charge is 0.349 e. The van der Waals surface area contributed by atoms with Crippen molar-refractivity contribution in [1.29, 1.82) is 0 Å². The maximum atomic E-state index is 12.4. The monoisotopic (exact) mass is 272 g/mol. The van der Waals surface area contributed by atoms with Crippen LogP contribution in [0.3, 0.4) is 0 Å². The van der Waals surface area contributed by atoms with Crippen molar-refractivity contribution in [1.82, 2.24) is 10.6 Å². The molecule has 3 nitrogen and oxygen atoms in total. The fraction of sp³-hybridized carbons (Fsp3) is 0.588. The van der Waals surface area contributed by atoms with Crippen LogP contribution in [-0.4, -0.2) is 11.9 Å². The number of amides is 1. The smallest absolute Gasteiger partial charge is 0.251 e. The van der Waals surface area contributed by atoms with Crippen LogP contribution in [0, 0.1) is 5.92 Å². The van der Waals surface area contributed by atoms with Crippen LogP contribution in [0.4, 0.5) is 0 Å². The Labute approximate surface area is 121 Å². The van der Waals surface area contributed by atoms with E-state index in [1.165, 1.54) is 43.2 Å². The number of rotatable bonds is 3. The lowest BCUT2D eigenvalue weighted by Gasteiger charge is -2.28. The summed E-state index contributed by atoms with van der Waals surface area (Å²) in [5.74, 6) is 0.738. The number of benzene rings is 1. The van der Waals surface area contributed by atoms with Gasteiger partial charge in [-0.2, -0.15) is 0 Å². The summed E-state index contributed by atoms with van der Waals surface area (Å²) in [4.78, 5) is 12.4. The Hall–Kier alpha value is -1.35. The van der Waals surface area contributed by atoms with Crippen molar-refractivity contribution in [2.24, 2.45) is 5.92 Å². The number of hydrogen-bond acceptors (Lipinski definition) is 2. The van der Waals surface area contributed by atoms with Crippen LogP contribution in [0.2, 0.25) is 0 Å². The van der Waals surface area contributed by atoms with E-state index in [0.29, 0.717) is 5.92 Å². The van der Waals surface area contributed by atoms with E-state index in [4.69, 9.17) is 0 Å². The summed E-state index contributed by atoms with van der Waals surface area (Å²) >= 11 is 0. The van der Waals surface area contributed by atoms with Crippen LogP contribution in [0.15, 0.2) is 18.2 Å². The highest BCUT2D eigenvalue weighted by Gasteiger charge is 2.22. The highest BCUT2D eigenvalue weighted by molar-refractivity contribution is 5.94. The van der Waals surface area contributed by atoms with E-state index in [-0.39, 0.29) is 11.9 Å². The Kier molecular flexibility index (Phi) is 4.06. The van der Waals surface area contributed by atoms with Gasteiger partial charge in [-0.25, -0.2) is 0 Å². The standard InChI is InChI=1S/C17H24N2O/c1-12(13-5-3-2-4-6-13)19-17(20)14-7-8-15-10-18-11-16(15)9-14/h7-9,12-13,18H,2-6,10-11H2,1H3,(H,19,20)/t12-/m1/s1. The molecule has 0 spiro atoms. The molecule has 1 fully saturated rings. The van der Waals surface area contributed by atoms with Crippen molar-refractivity contribution in [3.8, 4) is 0 Å². The molecule has 1 atom stereocenters. The molecule has 1 aromatic rings. The van der Waals surface area contributed by atoms with Crippen molar-refractivity contribution in [2.75, 3.05) is 0 Å². The van der Waals surface area contributed by atoms with Crippen LogP contribution in [-0.2, 0) is 13.1 Å². The van der Waals surface area contributed by atoms with E-state index < -0.39 is 0 Å². The summed E-state index contributed by atoms with van der Waals surface area (Å²) in [6.07, 6.45) is 6.50. The molecular weight excluding hydrogens is 248 g/mol. The van der Waals surface area contributed by atoms with Gasteiger partial charge in [0, 0.05) is 24.7 Å². The summed E-state index contributed by atoms with van der Waals surface area (Å²) < 4.78 is 0. The predicted octanol–water partition coefficient (Wildman–Crippen LogP) is 2.99. The van der Waals surface area contributed by atoms with Crippen molar-refractivity contribution in [2.45, 2.75) is 58.2 Å². The molecule has 0 aromatic heterocycles. The molecule has 3 rings (SSSR count). The summed E-state index contributed by atoms with van der Waals surface area (Å²) in [6.45, 7) is 3.97. The molecule has 0 unspecified atom stereocenters. The van der Waals surface area contributed by atoms with Crippen molar-refractivity contribution < 1.29 is 4.79 Å². The van der Waals surface area contributed by atoms with Crippen LogP contribution in [0.25, 0.3) is 0 Å². The fourth-order valence-electron chi connectivity index (χ4n) is 3.48. The molecule has 1 aromatic carbocycles. The van der Waals surface area contributed by atoms with Gasteiger partial charge in [-0.15, -0.1) is 0 Å². The highest BCUT2D eigenvalue weighted by atomic mass is 16.1. The van der Waals surface area contributed by atoms with Crippen molar-refractivity contribution in [3.05, 3.63) is 34.9 Å². The Balaban J connectivity index is 1.63. The predicted molar refractivity (Wildman–Crippen MR) is 80.5 cm³/mol. The Morgan fingerprint density at radius 3 is 2.75 bits per heavy atom. The lowest BCUT2D eigenvalue weighted by molar-refractivity contribution is 0.0919. The number of nitrogens with one attached hydrogen (secondary N) is 2. The van der Waals surface area contributed by atoms with E-state index in [0.717, 1.165) is 18.7 Å². The van der Waals surface area contributed by atoms with Crippen LogP contribution < -0.4 is 10.6 Å². The summed E-state index contributed by atoms with van der Waals surface area (Å²) in [6, 6.07) is 6.36. The lowest BCUT2D eigenvalue weighted by Crippen LogP contribution is -2.38. The molecule has 2 aliphatic rings.